The van der Waals surface area contributed by atoms with Gasteiger partial charge in [-0.2, -0.15) is 0 Å². The van der Waals surface area contributed by atoms with Crippen molar-refractivity contribution in [3.05, 3.63) is 29.3 Å². The van der Waals surface area contributed by atoms with Gasteiger partial charge < -0.3 is 33.7 Å². The molecule has 1 aromatic carbocycles. The van der Waals surface area contributed by atoms with E-state index in [9.17, 15) is 24.0 Å². The van der Waals surface area contributed by atoms with Crippen molar-refractivity contribution in [2.24, 2.45) is 0 Å². The van der Waals surface area contributed by atoms with Crippen LogP contribution in [0.15, 0.2) is 18.2 Å². The van der Waals surface area contributed by atoms with E-state index in [0.29, 0.717) is 0 Å². The highest BCUT2D eigenvalue weighted by molar-refractivity contribution is 5.97. The van der Waals surface area contributed by atoms with Gasteiger partial charge >= 0.3 is 23.9 Å². The first kappa shape index (κ1) is 30.6. The summed E-state index contributed by atoms with van der Waals surface area (Å²) in [7, 11) is 0. The van der Waals surface area contributed by atoms with E-state index in [2.05, 4.69) is 5.32 Å². The van der Waals surface area contributed by atoms with Gasteiger partial charge in [-0.1, -0.05) is 6.07 Å². The molecular formula is C26H35NO11. The lowest BCUT2D eigenvalue weighted by Crippen LogP contribution is -2.63. The third kappa shape index (κ3) is 9.02. The van der Waals surface area contributed by atoms with Crippen molar-refractivity contribution < 1.29 is 52.4 Å². The fraction of sp³-hybridized carbons (Fsp3) is 0.577. The van der Waals surface area contributed by atoms with E-state index >= 15 is 0 Å². The molecule has 0 saturated carbocycles. The fourth-order valence-corrected chi connectivity index (χ4v) is 3.73. The zero-order chi connectivity index (χ0) is 28.8. The van der Waals surface area contributed by atoms with Crippen LogP contribution in [0.5, 0.6) is 5.75 Å². The molecule has 1 fully saturated rings. The molecule has 5 atom stereocenters. The van der Waals surface area contributed by atoms with Crippen molar-refractivity contribution >= 4 is 29.8 Å². The maximum absolute atomic E-state index is 13.0. The number of nitrogens with one attached hydrogen (secondary N) is 1. The largest absolute Gasteiger partial charge is 0.463 e. The number of carbonyl (C=O) groups is 5. The van der Waals surface area contributed by atoms with E-state index in [4.69, 9.17) is 28.4 Å². The van der Waals surface area contributed by atoms with Crippen LogP contribution in [0.3, 0.4) is 0 Å². The molecule has 0 aromatic heterocycles. The molecule has 38 heavy (non-hydrogen) atoms. The van der Waals surface area contributed by atoms with Crippen LogP contribution in [0.25, 0.3) is 0 Å². The van der Waals surface area contributed by atoms with Crippen molar-refractivity contribution in [1.29, 1.82) is 0 Å². The summed E-state index contributed by atoms with van der Waals surface area (Å²) in [4.78, 5) is 60.5. The molecule has 2 rings (SSSR count). The lowest BCUT2D eigenvalue weighted by atomic mass is 9.98. The summed E-state index contributed by atoms with van der Waals surface area (Å²) >= 11 is 0. The van der Waals surface area contributed by atoms with Gasteiger partial charge in [-0.05, 0) is 45.4 Å². The second kappa shape index (κ2) is 12.7. The van der Waals surface area contributed by atoms with E-state index in [1.807, 2.05) is 20.8 Å². The molecule has 0 aliphatic carbocycles. The second-order valence-electron chi connectivity index (χ2n) is 9.89. The van der Waals surface area contributed by atoms with Crippen molar-refractivity contribution in [2.45, 2.75) is 91.6 Å². The fourth-order valence-electron chi connectivity index (χ4n) is 3.73. The number of ether oxygens (including phenoxy) is 6. The van der Waals surface area contributed by atoms with Crippen molar-refractivity contribution in [1.82, 2.24) is 5.32 Å². The maximum Gasteiger partial charge on any atom is 0.303 e. The third-order valence-corrected chi connectivity index (χ3v) is 5.06. The molecule has 1 saturated heterocycles. The Bertz CT molecular complexity index is 1060. The predicted octanol–water partition coefficient (Wildman–Crippen LogP) is 1.99. The molecule has 1 heterocycles. The van der Waals surface area contributed by atoms with E-state index in [-0.39, 0.29) is 11.3 Å². The van der Waals surface area contributed by atoms with Gasteiger partial charge in [0.2, 0.25) is 12.4 Å². The Balaban J connectivity index is 2.57. The van der Waals surface area contributed by atoms with Crippen LogP contribution >= 0.6 is 0 Å². The van der Waals surface area contributed by atoms with Crippen molar-refractivity contribution in [3.8, 4) is 5.75 Å². The highest BCUT2D eigenvalue weighted by atomic mass is 16.7. The van der Waals surface area contributed by atoms with Crippen molar-refractivity contribution in [2.75, 3.05) is 6.61 Å². The highest BCUT2D eigenvalue weighted by Crippen LogP contribution is 2.32. The average Bonchev–Trinajstić information content (AvgIpc) is 2.74. The van der Waals surface area contributed by atoms with E-state index < -0.39 is 72.6 Å². The summed E-state index contributed by atoms with van der Waals surface area (Å²) < 4.78 is 33.3. The Morgan fingerprint density at radius 3 is 1.92 bits per heavy atom. The molecule has 1 N–H and O–H groups in total. The molecule has 210 valence electrons. The monoisotopic (exact) mass is 537 g/mol. The molecular weight excluding hydrogens is 502 g/mol. The number of carbonyl (C=O) groups excluding carboxylic acids is 5. The maximum atomic E-state index is 13.0. The van der Waals surface area contributed by atoms with Crippen LogP contribution in [-0.2, 0) is 42.9 Å². The summed E-state index contributed by atoms with van der Waals surface area (Å²) in [5, 5.41) is 2.85. The first-order valence-electron chi connectivity index (χ1n) is 12.0. The number of amides is 1. The topological polar surface area (TPSA) is 153 Å². The number of hydrogen-bond donors (Lipinski definition) is 1. The predicted molar refractivity (Wildman–Crippen MR) is 131 cm³/mol. The Hall–Kier alpha value is -3.67. The van der Waals surface area contributed by atoms with Crippen LogP contribution in [0, 0.1) is 6.92 Å². The van der Waals surface area contributed by atoms with Gasteiger partial charge in [-0.3, -0.25) is 24.0 Å². The smallest absolute Gasteiger partial charge is 0.303 e. The Morgan fingerprint density at radius 2 is 1.39 bits per heavy atom. The summed E-state index contributed by atoms with van der Waals surface area (Å²) in [6, 6.07) is 4.88. The second-order valence-corrected chi connectivity index (χ2v) is 9.89. The zero-order valence-electron chi connectivity index (χ0n) is 22.8. The van der Waals surface area contributed by atoms with Crippen LogP contribution < -0.4 is 10.1 Å². The molecule has 12 nitrogen and oxygen atoms in total. The molecule has 1 aliphatic rings. The minimum atomic E-state index is -1.46. The van der Waals surface area contributed by atoms with Gasteiger partial charge in [-0.25, -0.2) is 0 Å². The Kier molecular flexibility index (Phi) is 10.2. The quantitative estimate of drug-likeness (QED) is 0.383. The first-order valence-corrected chi connectivity index (χ1v) is 12.0. The molecule has 1 aromatic rings. The minimum Gasteiger partial charge on any atom is -0.463 e. The number of benzene rings is 1. The number of rotatable bonds is 8. The number of aryl methyl sites for hydroxylation is 1. The van der Waals surface area contributed by atoms with Gasteiger partial charge in [-0.15, -0.1) is 0 Å². The van der Waals surface area contributed by atoms with E-state index in [1.54, 1.807) is 25.1 Å². The summed E-state index contributed by atoms with van der Waals surface area (Å²) in [5.41, 5.74) is 0.365. The van der Waals surface area contributed by atoms with E-state index in [1.165, 1.54) is 6.92 Å². The average molecular weight is 538 g/mol. The van der Waals surface area contributed by atoms with Gasteiger partial charge in [0, 0.05) is 33.2 Å². The Labute approximate surface area is 221 Å². The van der Waals surface area contributed by atoms with Crippen LogP contribution in [-0.4, -0.2) is 72.6 Å². The molecule has 0 spiro atoms. The van der Waals surface area contributed by atoms with Gasteiger partial charge in [0.25, 0.3) is 5.91 Å². The van der Waals surface area contributed by atoms with E-state index in [0.717, 1.165) is 26.3 Å². The van der Waals surface area contributed by atoms with Gasteiger partial charge in [0.1, 0.15) is 18.5 Å². The molecule has 5 unspecified atom stereocenters. The Morgan fingerprint density at radius 1 is 0.842 bits per heavy atom. The molecule has 1 amide bonds. The molecule has 12 heteroatoms. The van der Waals surface area contributed by atoms with Crippen LogP contribution in [0.2, 0.25) is 0 Å². The lowest BCUT2D eigenvalue weighted by Gasteiger charge is -2.44. The SMILES string of the molecule is CC(=O)OCC1OC(Oc2cc(C)ccc2C(=O)NC(C)(C)C)C(OC(C)=O)C(OC(C)=O)C1OC(C)=O. The summed E-state index contributed by atoms with van der Waals surface area (Å²) in [5.74, 6) is -3.26. The van der Waals surface area contributed by atoms with Crippen molar-refractivity contribution in [3.63, 3.8) is 0 Å². The van der Waals surface area contributed by atoms with Crippen LogP contribution in [0.4, 0.5) is 0 Å². The summed E-state index contributed by atoms with van der Waals surface area (Å²) in [6.45, 7) is 11.4. The minimum absolute atomic E-state index is 0.0904. The summed E-state index contributed by atoms with van der Waals surface area (Å²) in [6.07, 6.45) is -6.77. The molecule has 1 aliphatic heterocycles. The first-order chi connectivity index (χ1) is 17.6. The number of hydrogen-bond acceptors (Lipinski definition) is 11. The van der Waals surface area contributed by atoms with Crippen LogP contribution in [0.1, 0.15) is 64.4 Å². The molecule has 0 bridgehead atoms. The standard InChI is InChI=1S/C26H35NO11/c1-13-9-10-18(24(32)27-26(6,7)8)19(11-13)37-25-23(36-17(5)31)22(35-16(4)30)21(34-15(3)29)20(38-25)12-33-14(2)28/h9-11,20-23,25H,12H2,1-8H3,(H,27,32). The highest BCUT2D eigenvalue weighted by Gasteiger charge is 2.53. The molecule has 0 radical (unpaired) electrons. The number of esters is 4. The van der Waals surface area contributed by atoms with Gasteiger partial charge in [0.15, 0.2) is 12.2 Å². The third-order valence-electron chi connectivity index (χ3n) is 5.06. The van der Waals surface area contributed by atoms with Gasteiger partial charge in [0.05, 0.1) is 5.56 Å². The lowest BCUT2D eigenvalue weighted by molar-refractivity contribution is -0.288. The zero-order valence-corrected chi connectivity index (χ0v) is 22.8. The normalized spacial score (nSPS) is 23.0.